The van der Waals surface area contributed by atoms with Gasteiger partial charge >= 0.3 is 0 Å². The molecule has 0 aliphatic rings. The van der Waals surface area contributed by atoms with E-state index in [-0.39, 0.29) is 6.61 Å². The molecule has 72 valence electrons. The highest BCUT2D eigenvalue weighted by atomic mass is 19.1. The molecule has 0 aromatic heterocycles. The van der Waals surface area contributed by atoms with Crippen LogP contribution in [-0.4, -0.2) is 17.9 Å². The van der Waals surface area contributed by atoms with Crippen molar-refractivity contribution in [2.24, 2.45) is 0 Å². The molecule has 2 heteroatoms. The maximum atomic E-state index is 13.0. The summed E-state index contributed by atoms with van der Waals surface area (Å²) in [5.41, 5.74) is 1.03. The number of hydrogen-bond donors (Lipinski definition) is 1. The van der Waals surface area contributed by atoms with Crippen LogP contribution < -0.4 is 0 Å². The van der Waals surface area contributed by atoms with Gasteiger partial charge in [0.2, 0.25) is 0 Å². The Balaban J connectivity index is 3.70. The van der Waals surface area contributed by atoms with Gasteiger partial charge in [0, 0.05) is 6.61 Å². The van der Waals surface area contributed by atoms with E-state index in [1.165, 1.54) is 0 Å². The quantitative estimate of drug-likeness (QED) is 0.614. The van der Waals surface area contributed by atoms with Gasteiger partial charge in [-0.15, -0.1) is 0 Å². The SMILES string of the molecule is C/C=C(/CCO)CC(F)CCC. The minimum Gasteiger partial charge on any atom is -0.396 e. The van der Waals surface area contributed by atoms with Gasteiger partial charge in [-0.25, -0.2) is 4.39 Å². The molecular formula is C10H19FO. The highest BCUT2D eigenvalue weighted by molar-refractivity contribution is 5.01. The second kappa shape index (κ2) is 7.29. The summed E-state index contributed by atoms with van der Waals surface area (Å²) in [6.45, 7) is 4.00. The van der Waals surface area contributed by atoms with Crippen LogP contribution >= 0.6 is 0 Å². The lowest BCUT2D eigenvalue weighted by atomic mass is 10.0. The van der Waals surface area contributed by atoms with E-state index in [1.807, 2.05) is 19.9 Å². The molecule has 0 aliphatic carbocycles. The summed E-state index contributed by atoms with van der Waals surface area (Å²) >= 11 is 0. The molecule has 1 nitrogen and oxygen atoms in total. The van der Waals surface area contributed by atoms with E-state index in [1.54, 1.807) is 0 Å². The van der Waals surface area contributed by atoms with Crippen molar-refractivity contribution in [2.45, 2.75) is 45.7 Å². The highest BCUT2D eigenvalue weighted by Gasteiger charge is 2.07. The van der Waals surface area contributed by atoms with Gasteiger partial charge in [0.05, 0.1) is 0 Å². The summed E-state index contributed by atoms with van der Waals surface area (Å²) in [5.74, 6) is 0. The summed E-state index contributed by atoms with van der Waals surface area (Å²) in [5, 5.41) is 8.65. The van der Waals surface area contributed by atoms with Crippen LogP contribution in [0.4, 0.5) is 4.39 Å². The average Bonchev–Trinajstić information content (AvgIpc) is 2.04. The third-order valence-electron chi connectivity index (χ3n) is 1.93. The van der Waals surface area contributed by atoms with E-state index in [2.05, 4.69) is 0 Å². The van der Waals surface area contributed by atoms with Gasteiger partial charge in [0.1, 0.15) is 6.17 Å². The zero-order valence-electron chi connectivity index (χ0n) is 8.02. The van der Waals surface area contributed by atoms with Crippen molar-refractivity contribution < 1.29 is 9.50 Å². The smallest absolute Gasteiger partial charge is 0.104 e. The Hall–Kier alpha value is -0.370. The Morgan fingerprint density at radius 2 is 2.25 bits per heavy atom. The van der Waals surface area contributed by atoms with Crippen molar-refractivity contribution in [3.63, 3.8) is 0 Å². The zero-order chi connectivity index (χ0) is 9.40. The minimum absolute atomic E-state index is 0.124. The summed E-state index contributed by atoms with van der Waals surface area (Å²) in [6.07, 6.45) is 3.79. The molecule has 0 spiro atoms. The van der Waals surface area contributed by atoms with Crippen molar-refractivity contribution in [2.75, 3.05) is 6.61 Å². The Bertz CT molecular complexity index is 132. The number of hydrogen-bond acceptors (Lipinski definition) is 1. The molecule has 0 amide bonds. The van der Waals surface area contributed by atoms with Crippen LogP contribution in [-0.2, 0) is 0 Å². The van der Waals surface area contributed by atoms with E-state index in [0.29, 0.717) is 19.3 Å². The minimum atomic E-state index is -0.729. The fourth-order valence-electron chi connectivity index (χ4n) is 1.21. The third-order valence-corrected chi connectivity index (χ3v) is 1.93. The molecule has 12 heavy (non-hydrogen) atoms. The Morgan fingerprint density at radius 1 is 1.58 bits per heavy atom. The summed E-state index contributed by atoms with van der Waals surface area (Å²) in [4.78, 5) is 0. The van der Waals surface area contributed by atoms with Crippen molar-refractivity contribution in [1.29, 1.82) is 0 Å². The van der Waals surface area contributed by atoms with Crippen LogP contribution in [0.1, 0.15) is 39.5 Å². The van der Waals surface area contributed by atoms with E-state index in [4.69, 9.17) is 5.11 Å². The van der Waals surface area contributed by atoms with Gasteiger partial charge in [-0.1, -0.05) is 25.0 Å². The Kier molecular flexibility index (Phi) is 7.06. The summed E-state index contributed by atoms with van der Waals surface area (Å²) in [7, 11) is 0. The summed E-state index contributed by atoms with van der Waals surface area (Å²) in [6, 6.07) is 0. The predicted octanol–water partition coefficient (Wildman–Crippen LogP) is 2.84. The zero-order valence-corrected chi connectivity index (χ0v) is 8.02. The number of aliphatic hydroxyl groups excluding tert-OH is 1. The Labute approximate surface area is 74.3 Å². The first kappa shape index (κ1) is 11.6. The fraction of sp³-hybridized carbons (Fsp3) is 0.800. The van der Waals surface area contributed by atoms with Crippen LogP contribution in [0.5, 0.6) is 0 Å². The molecule has 0 saturated heterocycles. The lowest BCUT2D eigenvalue weighted by Crippen LogP contribution is -2.02. The standard InChI is InChI=1S/C10H19FO/c1-3-5-10(11)8-9(4-2)6-7-12/h4,10,12H,3,5-8H2,1-2H3/b9-4-. The predicted molar refractivity (Wildman–Crippen MR) is 49.9 cm³/mol. The van der Waals surface area contributed by atoms with Crippen LogP contribution in [0.3, 0.4) is 0 Å². The molecule has 0 radical (unpaired) electrons. The van der Waals surface area contributed by atoms with Gasteiger partial charge in [-0.05, 0) is 26.2 Å². The fourth-order valence-corrected chi connectivity index (χ4v) is 1.21. The first-order valence-electron chi connectivity index (χ1n) is 4.63. The second-order valence-corrected chi connectivity index (χ2v) is 3.01. The molecule has 0 aliphatic heterocycles. The first-order chi connectivity index (χ1) is 5.74. The topological polar surface area (TPSA) is 20.2 Å². The van der Waals surface area contributed by atoms with Crippen molar-refractivity contribution in [1.82, 2.24) is 0 Å². The largest absolute Gasteiger partial charge is 0.396 e. The monoisotopic (exact) mass is 174 g/mol. The van der Waals surface area contributed by atoms with E-state index >= 15 is 0 Å². The van der Waals surface area contributed by atoms with Gasteiger partial charge < -0.3 is 5.11 Å². The van der Waals surface area contributed by atoms with Crippen LogP contribution in [0.25, 0.3) is 0 Å². The molecule has 0 fully saturated rings. The third kappa shape index (κ3) is 5.30. The molecular weight excluding hydrogens is 155 g/mol. The molecule has 1 N–H and O–H groups in total. The van der Waals surface area contributed by atoms with Crippen molar-refractivity contribution in [3.8, 4) is 0 Å². The first-order valence-corrected chi connectivity index (χ1v) is 4.63. The average molecular weight is 174 g/mol. The second-order valence-electron chi connectivity index (χ2n) is 3.01. The van der Waals surface area contributed by atoms with E-state index in [9.17, 15) is 4.39 Å². The summed E-state index contributed by atoms with van der Waals surface area (Å²) < 4.78 is 13.0. The molecule has 0 aromatic carbocycles. The van der Waals surface area contributed by atoms with Crippen LogP contribution in [0.15, 0.2) is 11.6 Å². The highest BCUT2D eigenvalue weighted by Crippen LogP contribution is 2.15. The molecule has 0 heterocycles. The number of aliphatic hydroxyl groups is 1. The van der Waals surface area contributed by atoms with Crippen LogP contribution in [0.2, 0.25) is 0 Å². The van der Waals surface area contributed by atoms with Gasteiger partial charge in [-0.3, -0.25) is 0 Å². The van der Waals surface area contributed by atoms with Gasteiger partial charge in [-0.2, -0.15) is 0 Å². The van der Waals surface area contributed by atoms with Gasteiger partial charge in [0.25, 0.3) is 0 Å². The normalized spacial score (nSPS) is 14.8. The van der Waals surface area contributed by atoms with Crippen molar-refractivity contribution >= 4 is 0 Å². The van der Waals surface area contributed by atoms with Crippen molar-refractivity contribution in [3.05, 3.63) is 11.6 Å². The number of halogens is 1. The molecule has 0 aromatic rings. The Morgan fingerprint density at radius 3 is 2.67 bits per heavy atom. The lowest BCUT2D eigenvalue weighted by Gasteiger charge is -2.08. The number of allylic oxidation sites excluding steroid dienone is 1. The van der Waals surface area contributed by atoms with Gasteiger partial charge in [0.15, 0.2) is 0 Å². The molecule has 0 saturated carbocycles. The lowest BCUT2D eigenvalue weighted by molar-refractivity contribution is 0.281. The van der Waals surface area contributed by atoms with Crippen LogP contribution in [0, 0.1) is 0 Å². The van der Waals surface area contributed by atoms with E-state index < -0.39 is 6.17 Å². The molecule has 0 bridgehead atoms. The number of alkyl halides is 1. The maximum Gasteiger partial charge on any atom is 0.104 e. The molecule has 1 atom stereocenters. The molecule has 0 rings (SSSR count). The maximum absolute atomic E-state index is 13.0. The molecule has 1 unspecified atom stereocenters. The van der Waals surface area contributed by atoms with E-state index in [0.717, 1.165) is 12.0 Å². The number of rotatable bonds is 6.